The molecule has 0 aliphatic rings. The molecule has 142 valence electrons. The lowest BCUT2D eigenvalue weighted by Gasteiger charge is -1.97. The fraction of sp³-hybridized carbons (Fsp3) is 0.0435. The molecule has 1 aromatic heterocycles. The van der Waals surface area contributed by atoms with Crippen molar-refractivity contribution in [3.63, 3.8) is 0 Å². The predicted molar refractivity (Wildman–Crippen MR) is 114 cm³/mol. The van der Waals surface area contributed by atoms with Crippen LogP contribution in [0.1, 0.15) is 11.1 Å². The highest BCUT2D eigenvalue weighted by molar-refractivity contribution is 5.81. The summed E-state index contributed by atoms with van der Waals surface area (Å²) in [5.74, 6) is 0.559. The number of nitrogens with zero attached hydrogens (tertiary/aromatic N) is 3. The number of benzene rings is 3. The first-order chi connectivity index (χ1) is 14.1. The van der Waals surface area contributed by atoms with Gasteiger partial charge >= 0.3 is 0 Å². The second kappa shape index (κ2) is 7.90. The summed E-state index contributed by atoms with van der Waals surface area (Å²) in [6.45, 7) is 2.02. The molecule has 0 radical (unpaired) electrons. The molecule has 1 heterocycles. The highest BCUT2D eigenvalue weighted by atomic mass is 16.6. The second-order valence-electron chi connectivity index (χ2n) is 6.53. The molecule has 0 N–H and O–H groups in total. The van der Waals surface area contributed by atoms with E-state index < -0.39 is 4.92 Å². The third-order valence-electron chi connectivity index (χ3n) is 4.34. The van der Waals surface area contributed by atoms with E-state index in [1.165, 1.54) is 12.1 Å². The van der Waals surface area contributed by atoms with Crippen molar-refractivity contribution in [3.05, 3.63) is 94.0 Å². The highest BCUT2D eigenvalue weighted by Crippen LogP contribution is 2.27. The molecule has 4 rings (SSSR count). The molecule has 0 unspecified atom stereocenters. The molecule has 29 heavy (non-hydrogen) atoms. The summed E-state index contributed by atoms with van der Waals surface area (Å²) in [6.07, 6.45) is 5.30. The Kier molecular flexibility index (Phi) is 4.99. The molecule has 3 aromatic carbocycles. The molecule has 0 spiro atoms. The van der Waals surface area contributed by atoms with Crippen LogP contribution < -0.4 is 0 Å². The van der Waals surface area contributed by atoms with Gasteiger partial charge in [0.25, 0.3) is 5.69 Å². The Morgan fingerprint density at radius 1 is 1.07 bits per heavy atom. The molecule has 0 atom stereocenters. The van der Waals surface area contributed by atoms with Crippen LogP contribution in [-0.2, 0) is 0 Å². The number of rotatable bonds is 5. The molecule has 0 fully saturated rings. The smallest absolute Gasteiger partial charge is 0.269 e. The van der Waals surface area contributed by atoms with E-state index in [9.17, 15) is 10.1 Å². The molecule has 0 aliphatic carbocycles. The van der Waals surface area contributed by atoms with Gasteiger partial charge in [-0.2, -0.15) is 0 Å². The third-order valence-corrected chi connectivity index (χ3v) is 4.34. The van der Waals surface area contributed by atoms with E-state index in [0.717, 1.165) is 33.5 Å². The molecule has 0 saturated carbocycles. The van der Waals surface area contributed by atoms with E-state index in [1.54, 1.807) is 24.4 Å². The first-order valence-corrected chi connectivity index (χ1v) is 9.01. The minimum atomic E-state index is -0.417. The van der Waals surface area contributed by atoms with E-state index in [0.29, 0.717) is 5.89 Å². The number of aromatic nitrogens is 1. The SMILES string of the molecule is Cc1ccc2oc(-c3cccc(N=CC=Cc4ccc([N+](=O)[O-])cc4)c3)nc2c1. The zero-order valence-corrected chi connectivity index (χ0v) is 15.6. The Bertz CT molecular complexity index is 1240. The quantitative estimate of drug-likeness (QED) is 0.236. The van der Waals surface area contributed by atoms with Gasteiger partial charge in [-0.1, -0.05) is 18.2 Å². The van der Waals surface area contributed by atoms with Crippen molar-refractivity contribution >= 4 is 34.8 Å². The van der Waals surface area contributed by atoms with Crippen LogP contribution in [0.3, 0.4) is 0 Å². The summed E-state index contributed by atoms with van der Waals surface area (Å²) in [5.41, 5.74) is 5.28. The minimum Gasteiger partial charge on any atom is -0.436 e. The van der Waals surface area contributed by atoms with Gasteiger partial charge in [-0.3, -0.25) is 15.1 Å². The van der Waals surface area contributed by atoms with Gasteiger partial charge in [0.1, 0.15) is 5.52 Å². The number of allylic oxidation sites excluding steroid dienone is 1. The summed E-state index contributed by atoms with van der Waals surface area (Å²) in [5, 5.41) is 10.7. The van der Waals surface area contributed by atoms with Crippen molar-refractivity contribution < 1.29 is 9.34 Å². The Labute approximate surface area is 167 Å². The van der Waals surface area contributed by atoms with Gasteiger partial charge in [0.2, 0.25) is 5.89 Å². The van der Waals surface area contributed by atoms with Crippen LogP contribution >= 0.6 is 0 Å². The lowest BCUT2D eigenvalue weighted by Crippen LogP contribution is -1.86. The second-order valence-corrected chi connectivity index (χ2v) is 6.53. The molecule has 6 heteroatoms. The first kappa shape index (κ1) is 18.3. The van der Waals surface area contributed by atoms with Gasteiger partial charge in [0.05, 0.1) is 10.6 Å². The number of oxazole rings is 1. The van der Waals surface area contributed by atoms with Crippen molar-refractivity contribution in [2.75, 3.05) is 0 Å². The van der Waals surface area contributed by atoms with Crippen molar-refractivity contribution in [2.45, 2.75) is 6.92 Å². The van der Waals surface area contributed by atoms with Crippen molar-refractivity contribution in [3.8, 4) is 11.5 Å². The fourth-order valence-corrected chi connectivity index (χ4v) is 2.87. The van der Waals surface area contributed by atoms with Crippen LogP contribution in [0.2, 0.25) is 0 Å². The predicted octanol–water partition coefficient (Wildman–Crippen LogP) is 6.13. The molecule has 0 bridgehead atoms. The average Bonchev–Trinajstić information content (AvgIpc) is 3.15. The monoisotopic (exact) mass is 383 g/mol. The molecular formula is C23H17N3O3. The largest absolute Gasteiger partial charge is 0.436 e. The van der Waals surface area contributed by atoms with Crippen LogP contribution in [0.25, 0.3) is 28.6 Å². The maximum absolute atomic E-state index is 10.7. The third kappa shape index (κ3) is 4.27. The molecular weight excluding hydrogens is 366 g/mol. The van der Waals surface area contributed by atoms with Gasteiger partial charge in [-0.25, -0.2) is 4.98 Å². The van der Waals surface area contributed by atoms with Crippen LogP contribution in [-0.4, -0.2) is 16.1 Å². The van der Waals surface area contributed by atoms with E-state index >= 15 is 0 Å². The van der Waals surface area contributed by atoms with Gasteiger partial charge in [0.15, 0.2) is 5.58 Å². The molecule has 0 amide bonds. The van der Waals surface area contributed by atoms with E-state index in [1.807, 2.05) is 55.5 Å². The maximum atomic E-state index is 10.7. The lowest BCUT2D eigenvalue weighted by atomic mass is 10.2. The zero-order chi connectivity index (χ0) is 20.2. The van der Waals surface area contributed by atoms with E-state index in [4.69, 9.17) is 4.42 Å². The standard InChI is InChI=1S/C23H17N3O3/c1-16-7-12-22-21(14-16)25-23(29-22)18-5-2-6-19(15-18)24-13-3-4-17-8-10-20(11-9-17)26(27)28/h2-15H,1H3. The number of nitro groups is 1. The highest BCUT2D eigenvalue weighted by Gasteiger charge is 2.08. The summed E-state index contributed by atoms with van der Waals surface area (Å²) >= 11 is 0. The number of hydrogen-bond donors (Lipinski definition) is 0. The molecule has 0 saturated heterocycles. The van der Waals surface area contributed by atoms with Gasteiger partial charge in [-0.05, 0) is 66.6 Å². The zero-order valence-electron chi connectivity index (χ0n) is 15.6. The van der Waals surface area contributed by atoms with Crippen LogP contribution in [0.15, 0.2) is 82.2 Å². The summed E-state index contributed by atoms with van der Waals surface area (Å²) in [6, 6.07) is 19.9. The summed E-state index contributed by atoms with van der Waals surface area (Å²) in [4.78, 5) is 19.3. The number of nitro benzene ring substituents is 1. The first-order valence-electron chi connectivity index (χ1n) is 9.01. The van der Waals surface area contributed by atoms with Gasteiger partial charge < -0.3 is 4.42 Å². The number of fused-ring (bicyclic) bond motifs is 1. The molecule has 0 aliphatic heterocycles. The maximum Gasteiger partial charge on any atom is 0.269 e. The fourth-order valence-electron chi connectivity index (χ4n) is 2.87. The van der Waals surface area contributed by atoms with Crippen molar-refractivity contribution in [1.82, 2.24) is 4.98 Å². The van der Waals surface area contributed by atoms with Crippen LogP contribution in [0.5, 0.6) is 0 Å². The Morgan fingerprint density at radius 3 is 2.69 bits per heavy atom. The number of non-ortho nitro benzene ring substituents is 1. The van der Waals surface area contributed by atoms with Crippen LogP contribution in [0, 0.1) is 17.0 Å². The number of aryl methyl sites for hydroxylation is 1. The van der Waals surface area contributed by atoms with Crippen molar-refractivity contribution in [1.29, 1.82) is 0 Å². The van der Waals surface area contributed by atoms with E-state index in [2.05, 4.69) is 9.98 Å². The molecule has 6 nitrogen and oxygen atoms in total. The van der Waals surface area contributed by atoms with Gasteiger partial charge in [0, 0.05) is 23.9 Å². The van der Waals surface area contributed by atoms with Crippen LogP contribution in [0.4, 0.5) is 11.4 Å². The number of hydrogen-bond acceptors (Lipinski definition) is 5. The summed E-state index contributed by atoms with van der Waals surface area (Å²) in [7, 11) is 0. The molecule has 4 aromatic rings. The topological polar surface area (TPSA) is 81.5 Å². The average molecular weight is 383 g/mol. The normalized spacial score (nSPS) is 11.6. The lowest BCUT2D eigenvalue weighted by molar-refractivity contribution is -0.384. The van der Waals surface area contributed by atoms with E-state index in [-0.39, 0.29) is 5.69 Å². The van der Waals surface area contributed by atoms with Crippen molar-refractivity contribution in [2.24, 2.45) is 4.99 Å². The summed E-state index contributed by atoms with van der Waals surface area (Å²) < 4.78 is 5.85. The Balaban J connectivity index is 1.50. The minimum absolute atomic E-state index is 0.0713. The Hall–Kier alpha value is -4.06. The van der Waals surface area contributed by atoms with Gasteiger partial charge in [-0.15, -0.1) is 0 Å². The Morgan fingerprint density at radius 2 is 1.90 bits per heavy atom. The number of aliphatic imine (C=N–C) groups is 1.